The Hall–Kier alpha value is -2.60. The van der Waals surface area contributed by atoms with E-state index in [9.17, 15) is 9.59 Å². The molecule has 0 saturated carbocycles. The van der Waals surface area contributed by atoms with Crippen molar-refractivity contribution in [3.8, 4) is 16.9 Å². The van der Waals surface area contributed by atoms with Crippen molar-refractivity contribution in [1.82, 2.24) is 0 Å². The molecule has 3 aromatic rings. The van der Waals surface area contributed by atoms with Gasteiger partial charge in [-0.25, -0.2) is 4.79 Å². The highest BCUT2D eigenvalue weighted by Gasteiger charge is 2.08. The minimum absolute atomic E-state index is 0.189. The molecule has 3 rings (SSSR count). The van der Waals surface area contributed by atoms with E-state index >= 15 is 0 Å². The molecule has 0 fully saturated rings. The van der Waals surface area contributed by atoms with Gasteiger partial charge in [0.2, 0.25) is 0 Å². The molecule has 0 aliphatic carbocycles. The molecule has 1 amide bonds. The third kappa shape index (κ3) is 3.43. The fraction of sp³-hybridized carbons (Fsp3) is 0.0588. The Morgan fingerprint density at radius 2 is 1.87 bits per heavy atom. The second kappa shape index (κ2) is 6.26. The maximum atomic E-state index is 12.1. The molecule has 1 aromatic heterocycles. The summed E-state index contributed by atoms with van der Waals surface area (Å²) in [5, 5.41) is 0.822. The van der Waals surface area contributed by atoms with E-state index in [0.29, 0.717) is 22.5 Å². The molecule has 1 heterocycles. The largest absolute Gasteiger partial charge is 0.484 e. The number of hydrogen-bond acceptors (Lipinski definition) is 4. The number of primary amides is 1. The second-order valence-corrected chi connectivity index (χ2v) is 5.82. The highest BCUT2D eigenvalue weighted by Crippen LogP contribution is 2.25. The first-order valence-electron chi connectivity index (χ1n) is 6.78. The number of halogens is 1. The van der Waals surface area contributed by atoms with E-state index in [2.05, 4.69) is 15.9 Å². The van der Waals surface area contributed by atoms with Crippen LogP contribution in [0, 0.1) is 0 Å². The molecule has 0 aliphatic heterocycles. The van der Waals surface area contributed by atoms with Crippen LogP contribution in [0.4, 0.5) is 0 Å². The lowest BCUT2D eigenvalue weighted by molar-refractivity contribution is -0.119. The maximum absolute atomic E-state index is 12.1. The molecular formula is C17H12BrNO4. The lowest BCUT2D eigenvalue weighted by atomic mass is 10.1. The summed E-state index contributed by atoms with van der Waals surface area (Å²) in [6.45, 7) is -0.189. The highest BCUT2D eigenvalue weighted by molar-refractivity contribution is 9.10. The van der Waals surface area contributed by atoms with Crippen LogP contribution in [0.15, 0.2) is 62.2 Å². The number of nitrogens with two attached hydrogens (primary N) is 1. The van der Waals surface area contributed by atoms with Gasteiger partial charge in [-0.3, -0.25) is 4.79 Å². The van der Waals surface area contributed by atoms with Crippen molar-refractivity contribution in [2.75, 3.05) is 6.61 Å². The van der Waals surface area contributed by atoms with Crippen molar-refractivity contribution in [3.05, 3.63) is 63.4 Å². The van der Waals surface area contributed by atoms with Crippen molar-refractivity contribution in [2.24, 2.45) is 5.73 Å². The Morgan fingerprint density at radius 3 is 2.57 bits per heavy atom. The molecule has 0 saturated heterocycles. The Labute approximate surface area is 139 Å². The van der Waals surface area contributed by atoms with Crippen molar-refractivity contribution in [3.63, 3.8) is 0 Å². The third-order valence-corrected chi connectivity index (χ3v) is 3.73. The molecule has 6 heteroatoms. The van der Waals surface area contributed by atoms with E-state index in [-0.39, 0.29) is 6.61 Å². The minimum Gasteiger partial charge on any atom is -0.484 e. The van der Waals surface area contributed by atoms with Crippen molar-refractivity contribution in [1.29, 1.82) is 0 Å². The standard InChI is InChI=1S/C17H12BrNO4/c18-12-3-6-15-11(7-12)8-14(17(21)23-15)10-1-4-13(5-2-10)22-9-16(19)20/h1-8H,9H2,(H2,19,20). The number of hydrogen-bond donors (Lipinski definition) is 1. The number of benzene rings is 2. The van der Waals surface area contributed by atoms with Crippen molar-refractivity contribution in [2.45, 2.75) is 0 Å². The maximum Gasteiger partial charge on any atom is 0.344 e. The lowest BCUT2D eigenvalue weighted by Crippen LogP contribution is -2.19. The van der Waals surface area contributed by atoms with Gasteiger partial charge in [-0.15, -0.1) is 0 Å². The first-order chi connectivity index (χ1) is 11.0. The summed E-state index contributed by atoms with van der Waals surface area (Å²) in [6, 6.07) is 14.0. The molecule has 0 atom stereocenters. The molecule has 23 heavy (non-hydrogen) atoms. The van der Waals surface area contributed by atoms with Crippen molar-refractivity contribution < 1.29 is 13.9 Å². The van der Waals surface area contributed by atoms with Crippen LogP contribution in [-0.2, 0) is 4.79 Å². The molecule has 0 aliphatic rings. The number of ether oxygens (including phenoxy) is 1. The van der Waals surface area contributed by atoms with Gasteiger partial charge in [0.05, 0.1) is 5.56 Å². The smallest absolute Gasteiger partial charge is 0.344 e. The van der Waals surface area contributed by atoms with Gasteiger partial charge in [-0.2, -0.15) is 0 Å². The average molecular weight is 374 g/mol. The zero-order valence-corrected chi connectivity index (χ0v) is 13.5. The summed E-state index contributed by atoms with van der Waals surface area (Å²) in [7, 11) is 0. The fourth-order valence-electron chi connectivity index (χ4n) is 2.18. The van der Waals surface area contributed by atoms with Crippen LogP contribution in [0.5, 0.6) is 5.75 Å². The molecule has 0 bridgehead atoms. The molecule has 116 valence electrons. The van der Waals surface area contributed by atoms with Crippen LogP contribution in [0.1, 0.15) is 0 Å². The number of carbonyl (C=O) groups excluding carboxylic acids is 1. The lowest BCUT2D eigenvalue weighted by Gasteiger charge is -2.06. The molecular weight excluding hydrogens is 362 g/mol. The van der Waals surface area contributed by atoms with Gasteiger partial charge in [0.25, 0.3) is 5.91 Å². The molecule has 2 aromatic carbocycles. The number of amides is 1. The van der Waals surface area contributed by atoms with E-state index < -0.39 is 11.5 Å². The average Bonchev–Trinajstić information content (AvgIpc) is 2.53. The predicted octanol–water partition coefficient (Wildman–Crippen LogP) is 3.09. The van der Waals surface area contributed by atoms with Crippen LogP contribution in [0.2, 0.25) is 0 Å². The third-order valence-electron chi connectivity index (χ3n) is 3.24. The van der Waals surface area contributed by atoms with Gasteiger partial charge >= 0.3 is 5.63 Å². The predicted molar refractivity (Wildman–Crippen MR) is 90.3 cm³/mol. The Bertz CT molecular complexity index is 931. The van der Waals surface area contributed by atoms with Gasteiger partial charge in [0.15, 0.2) is 6.61 Å². The SMILES string of the molecule is NC(=O)COc1ccc(-c2cc3cc(Br)ccc3oc2=O)cc1. The van der Waals surface area contributed by atoms with Crippen LogP contribution in [0.3, 0.4) is 0 Å². The zero-order valence-electron chi connectivity index (χ0n) is 11.9. The Kier molecular flexibility index (Phi) is 4.16. The quantitative estimate of drug-likeness (QED) is 0.712. The monoisotopic (exact) mass is 373 g/mol. The fourth-order valence-corrected chi connectivity index (χ4v) is 2.56. The van der Waals surface area contributed by atoms with Crippen LogP contribution < -0.4 is 16.1 Å². The van der Waals surface area contributed by atoms with Gasteiger partial charge in [-0.05, 0) is 42.0 Å². The summed E-state index contributed by atoms with van der Waals surface area (Å²) in [5.74, 6) is -0.0460. The Balaban J connectivity index is 1.97. The highest BCUT2D eigenvalue weighted by atomic mass is 79.9. The van der Waals surface area contributed by atoms with Gasteiger partial charge in [0, 0.05) is 9.86 Å². The molecule has 5 nitrogen and oxygen atoms in total. The summed E-state index contributed by atoms with van der Waals surface area (Å²) in [6.07, 6.45) is 0. The topological polar surface area (TPSA) is 82.5 Å². The first-order valence-corrected chi connectivity index (χ1v) is 7.57. The molecule has 0 spiro atoms. The van der Waals surface area contributed by atoms with E-state index in [4.69, 9.17) is 14.9 Å². The molecule has 2 N–H and O–H groups in total. The van der Waals surface area contributed by atoms with E-state index in [1.165, 1.54) is 0 Å². The first kappa shape index (κ1) is 15.3. The second-order valence-electron chi connectivity index (χ2n) is 4.91. The minimum atomic E-state index is -0.546. The normalized spacial score (nSPS) is 10.7. The molecule has 0 unspecified atom stereocenters. The summed E-state index contributed by atoms with van der Waals surface area (Å²) in [4.78, 5) is 22.8. The Morgan fingerprint density at radius 1 is 1.13 bits per heavy atom. The number of carbonyl (C=O) groups is 1. The van der Waals surface area contributed by atoms with E-state index in [1.54, 1.807) is 36.4 Å². The van der Waals surface area contributed by atoms with Crippen molar-refractivity contribution >= 4 is 32.8 Å². The number of fused-ring (bicyclic) bond motifs is 1. The summed E-state index contributed by atoms with van der Waals surface area (Å²) < 4.78 is 11.4. The zero-order chi connectivity index (χ0) is 16.4. The summed E-state index contributed by atoms with van der Waals surface area (Å²) >= 11 is 3.40. The van der Waals surface area contributed by atoms with Gasteiger partial charge < -0.3 is 14.9 Å². The van der Waals surface area contributed by atoms with Crippen LogP contribution >= 0.6 is 15.9 Å². The van der Waals surface area contributed by atoms with E-state index in [0.717, 1.165) is 9.86 Å². The van der Waals surface area contributed by atoms with Gasteiger partial charge in [0.1, 0.15) is 11.3 Å². The van der Waals surface area contributed by atoms with Crippen LogP contribution in [-0.4, -0.2) is 12.5 Å². The van der Waals surface area contributed by atoms with E-state index in [1.807, 2.05) is 12.1 Å². The molecule has 0 radical (unpaired) electrons. The summed E-state index contributed by atoms with van der Waals surface area (Å²) in [5.41, 5.74) is 6.30. The van der Waals surface area contributed by atoms with Gasteiger partial charge in [-0.1, -0.05) is 28.1 Å². The van der Waals surface area contributed by atoms with Crippen LogP contribution in [0.25, 0.3) is 22.1 Å². The number of rotatable bonds is 4.